The SMILES string of the molecule is N#CCCc1cc2ccccc2cn1. The van der Waals surface area contributed by atoms with Crippen LogP contribution in [-0.4, -0.2) is 4.98 Å². The van der Waals surface area contributed by atoms with E-state index in [4.69, 9.17) is 5.26 Å². The van der Waals surface area contributed by atoms with Crippen LogP contribution in [0.4, 0.5) is 0 Å². The number of rotatable bonds is 2. The number of aromatic nitrogens is 1. The van der Waals surface area contributed by atoms with Gasteiger partial charge in [0.15, 0.2) is 0 Å². The van der Waals surface area contributed by atoms with Gasteiger partial charge in [-0.2, -0.15) is 5.26 Å². The highest BCUT2D eigenvalue weighted by molar-refractivity contribution is 5.81. The zero-order valence-electron chi connectivity index (χ0n) is 7.77. The van der Waals surface area contributed by atoms with E-state index in [-0.39, 0.29) is 0 Å². The van der Waals surface area contributed by atoms with E-state index in [9.17, 15) is 0 Å². The van der Waals surface area contributed by atoms with Crippen molar-refractivity contribution in [2.75, 3.05) is 0 Å². The Bertz CT molecular complexity index is 483. The van der Waals surface area contributed by atoms with Crippen molar-refractivity contribution in [3.63, 3.8) is 0 Å². The molecule has 2 aromatic rings. The molecule has 0 aliphatic heterocycles. The highest BCUT2D eigenvalue weighted by atomic mass is 14.7. The Morgan fingerprint density at radius 2 is 2.00 bits per heavy atom. The van der Waals surface area contributed by atoms with Gasteiger partial charge < -0.3 is 0 Å². The summed E-state index contributed by atoms with van der Waals surface area (Å²) in [5, 5.41) is 10.8. The Balaban J connectivity index is 2.37. The Hall–Kier alpha value is -1.88. The first-order chi connectivity index (χ1) is 6.90. The third-order valence-electron chi connectivity index (χ3n) is 2.18. The molecule has 1 aromatic carbocycles. The second-order valence-electron chi connectivity index (χ2n) is 3.18. The Morgan fingerprint density at radius 1 is 1.21 bits per heavy atom. The normalized spacial score (nSPS) is 9.93. The lowest BCUT2D eigenvalue weighted by Crippen LogP contribution is -1.88. The van der Waals surface area contributed by atoms with Gasteiger partial charge in [0.2, 0.25) is 0 Å². The molecule has 1 heterocycles. The molecule has 0 N–H and O–H groups in total. The van der Waals surface area contributed by atoms with Crippen molar-refractivity contribution < 1.29 is 0 Å². The summed E-state index contributed by atoms with van der Waals surface area (Å²) in [7, 11) is 0. The molecule has 0 fully saturated rings. The fraction of sp³-hybridized carbons (Fsp3) is 0.167. The molecular weight excluding hydrogens is 172 g/mol. The molecule has 0 unspecified atom stereocenters. The van der Waals surface area contributed by atoms with Crippen molar-refractivity contribution in [2.24, 2.45) is 0 Å². The summed E-state index contributed by atoms with van der Waals surface area (Å²) in [6, 6.07) is 12.3. The van der Waals surface area contributed by atoms with Gasteiger partial charge in [-0.1, -0.05) is 24.3 Å². The molecule has 0 saturated heterocycles. The summed E-state index contributed by atoms with van der Waals surface area (Å²) >= 11 is 0. The highest BCUT2D eigenvalue weighted by Gasteiger charge is 1.96. The van der Waals surface area contributed by atoms with Crippen LogP contribution in [0.2, 0.25) is 0 Å². The topological polar surface area (TPSA) is 36.7 Å². The minimum absolute atomic E-state index is 0.533. The summed E-state index contributed by atoms with van der Waals surface area (Å²) in [4.78, 5) is 4.29. The van der Waals surface area contributed by atoms with Crippen molar-refractivity contribution in [1.29, 1.82) is 5.26 Å². The molecule has 0 bridgehead atoms. The lowest BCUT2D eigenvalue weighted by molar-refractivity contribution is 0.957. The number of benzene rings is 1. The Kier molecular flexibility index (Phi) is 2.42. The van der Waals surface area contributed by atoms with Gasteiger partial charge in [0.1, 0.15) is 0 Å². The average Bonchev–Trinajstić information content (AvgIpc) is 2.26. The standard InChI is InChI=1S/C12H10N2/c13-7-3-6-12-8-10-4-1-2-5-11(10)9-14-12/h1-2,4-5,8-9H,3,6H2. The number of hydrogen-bond donors (Lipinski definition) is 0. The van der Waals surface area contributed by atoms with E-state index in [1.165, 1.54) is 5.39 Å². The first-order valence-corrected chi connectivity index (χ1v) is 4.61. The second-order valence-corrected chi connectivity index (χ2v) is 3.18. The Labute approximate surface area is 82.8 Å². The fourth-order valence-corrected chi connectivity index (χ4v) is 1.45. The summed E-state index contributed by atoms with van der Waals surface area (Å²) < 4.78 is 0. The minimum Gasteiger partial charge on any atom is -0.261 e. The van der Waals surface area contributed by atoms with Gasteiger partial charge in [-0.25, -0.2) is 0 Å². The fourth-order valence-electron chi connectivity index (χ4n) is 1.45. The molecule has 0 amide bonds. The van der Waals surface area contributed by atoms with Crippen LogP contribution in [0.5, 0.6) is 0 Å². The molecule has 0 radical (unpaired) electrons. The molecule has 68 valence electrons. The third-order valence-corrected chi connectivity index (χ3v) is 2.18. The molecule has 0 spiro atoms. The van der Waals surface area contributed by atoms with Gasteiger partial charge in [-0.3, -0.25) is 4.98 Å². The van der Waals surface area contributed by atoms with Gasteiger partial charge in [0.25, 0.3) is 0 Å². The monoisotopic (exact) mass is 182 g/mol. The Morgan fingerprint density at radius 3 is 2.79 bits per heavy atom. The van der Waals surface area contributed by atoms with Crippen molar-refractivity contribution in [3.8, 4) is 6.07 Å². The second kappa shape index (κ2) is 3.89. The first-order valence-electron chi connectivity index (χ1n) is 4.61. The van der Waals surface area contributed by atoms with E-state index in [2.05, 4.69) is 17.1 Å². The van der Waals surface area contributed by atoms with Gasteiger partial charge >= 0.3 is 0 Å². The number of nitrogens with zero attached hydrogens (tertiary/aromatic N) is 2. The van der Waals surface area contributed by atoms with Crippen LogP contribution >= 0.6 is 0 Å². The number of hydrogen-bond acceptors (Lipinski definition) is 2. The lowest BCUT2D eigenvalue weighted by Gasteiger charge is -1.99. The zero-order chi connectivity index (χ0) is 9.80. The minimum atomic E-state index is 0.533. The number of nitriles is 1. The number of pyridine rings is 1. The number of aryl methyl sites for hydroxylation is 1. The first kappa shape index (κ1) is 8.71. The molecule has 2 heteroatoms. The maximum Gasteiger partial charge on any atom is 0.0625 e. The maximum absolute atomic E-state index is 8.46. The largest absolute Gasteiger partial charge is 0.261 e. The van der Waals surface area contributed by atoms with Crippen LogP contribution in [-0.2, 0) is 6.42 Å². The van der Waals surface area contributed by atoms with Crippen molar-refractivity contribution in [2.45, 2.75) is 12.8 Å². The molecule has 1 aromatic heterocycles. The van der Waals surface area contributed by atoms with Gasteiger partial charge in [-0.15, -0.1) is 0 Å². The van der Waals surface area contributed by atoms with Crippen LogP contribution < -0.4 is 0 Å². The molecule has 0 atom stereocenters. The summed E-state index contributed by atoms with van der Waals surface area (Å²) in [6.07, 6.45) is 3.13. The highest BCUT2D eigenvalue weighted by Crippen LogP contribution is 2.13. The molecule has 14 heavy (non-hydrogen) atoms. The summed E-state index contributed by atoms with van der Waals surface area (Å²) in [6.45, 7) is 0. The van der Waals surface area contributed by atoms with E-state index < -0.39 is 0 Å². The van der Waals surface area contributed by atoms with Crippen molar-refractivity contribution in [3.05, 3.63) is 42.2 Å². The van der Waals surface area contributed by atoms with Crippen LogP contribution in [0, 0.1) is 11.3 Å². The average molecular weight is 182 g/mol. The van der Waals surface area contributed by atoms with E-state index in [1.54, 1.807) is 0 Å². The maximum atomic E-state index is 8.46. The number of fused-ring (bicyclic) bond motifs is 1. The van der Waals surface area contributed by atoms with Gasteiger partial charge in [0, 0.05) is 30.1 Å². The van der Waals surface area contributed by atoms with Crippen molar-refractivity contribution in [1.82, 2.24) is 4.98 Å². The van der Waals surface area contributed by atoms with Crippen LogP contribution in [0.25, 0.3) is 10.8 Å². The van der Waals surface area contributed by atoms with Crippen LogP contribution in [0.3, 0.4) is 0 Å². The molecule has 2 nitrogen and oxygen atoms in total. The predicted octanol–water partition coefficient (Wildman–Crippen LogP) is 2.69. The molecule has 0 aliphatic carbocycles. The molecule has 2 rings (SSSR count). The van der Waals surface area contributed by atoms with E-state index >= 15 is 0 Å². The third kappa shape index (κ3) is 1.72. The van der Waals surface area contributed by atoms with Crippen LogP contribution in [0.1, 0.15) is 12.1 Å². The van der Waals surface area contributed by atoms with Gasteiger partial charge in [0.05, 0.1) is 6.07 Å². The lowest BCUT2D eigenvalue weighted by atomic mass is 10.1. The van der Waals surface area contributed by atoms with Gasteiger partial charge in [-0.05, 0) is 11.5 Å². The molecule has 0 saturated carbocycles. The van der Waals surface area contributed by atoms with Crippen molar-refractivity contribution >= 4 is 10.8 Å². The smallest absolute Gasteiger partial charge is 0.0625 e. The zero-order valence-corrected chi connectivity index (χ0v) is 7.77. The summed E-state index contributed by atoms with van der Waals surface area (Å²) in [5.41, 5.74) is 0.991. The van der Waals surface area contributed by atoms with E-state index in [0.717, 1.165) is 17.5 Å². The van der Waals surface area contributed by atoms with Crippen LogP contribution in [0.15, 0.2) is 36.5 Å². The van der Waals surface area contributed by atoms with E-state index in [0.29, 0.717) is 6.42 Å². The molecule has 0 aliphatic rings. The predicted molar refractivity (Wildman–Crippen MR) is 55.7 cm³/mol. The summed E-state index contributed by atoms with van der Waals surface area (Å²) in [5.74, 6) is 0. The molecular formula is C12H10N2. The van der Waals surface area contributed by atoms with E-state index in [1.807, 2.05) is 30.5 Å². The quantitative estimate of drug-likeness (QED) is 0.716.